The lowest BCUT2D eigenvalue weighted by Gasteiger charge is -2.61. The third-order valence-corrected chi connectivity index (χ3v) is 3.82. The van der Waals surface area contributed by atoms with Crippen LogP contribution in [0.5, 0.6) is 0 Å². The molecular weight excluding hydrogens is 206 g/mol. The first-order valence-corrected chi connectivity index (χ1v) is 5.89. The molecule has 0 radical (unpaired) electrons. The molecule has 1 N–H and O–H groups in total. The lowest BCUT2D eigenvalue weighted by Crippen LogP contribution is -2.69. The van der Waals surface area contributed by atoms with Crippen LogP contribution in [0.25, 0.3) is 0 Å². The number of carbonyl (C=O) groups is 1. The molecule has 0 bridgehead atoms. The van der Waals surface area contributed by atoms with E-state index >= 15 is 0 Å². The van der Waals surface area contributed by atoms with E-state index in [2.05, 4.69) is 6.92 Å². The van der Waals surface area contributed by atoms with Crippen LogP contribution in [0.3, 0.4) is 0 Å². The van der Waals surface area contributed by atoms with E-state index in [1.807, 2.05) is 20.8 Å². The number of aliphatic hydroxyl groups excluding tert-OH is 1. The molecule has 2 atom stereocenters. The zero-order valence-electron chi connectivity index (χ0n) is 10.5. The summed E-state index contributed by atoms with van der Waals surface area (Å²) in [6, 6.07) is 0. The molecule has 92 valence electrons. The van der Waals surface area contributed by atoms with Gasteiger partial charge in [-0.05, 0) is 33.1 Å². The fraction of sp³-hybridized carbons (Fsp3) is 0.917. The Kier molecular flexibility index (Phi) is 2.46. The standard InChI is InChI=1S/C12H21NO3/c1-8-9(14)5-12(8)6-13(7-12)10(15)16-11(2,3)4/h8-9,14H,5-7H2,1-4H3/t8-,9-/m0/s1. The fourth-order valence-corrected chi connectivity index (χ4v) is 2.61. The van der Waals surface area contributed by atoms with E-state index < -0.39 is 5.60 Å². The minimum absolute atomic E-state index is 0.177. The topological polar surface area (TPSA) is 49.8 Å². The van der Waals surface area contributed by atoms with Gasteiger partial charge in [-0.3, -0.25) is 0 Å². The number of amides is 1. The van der Waals surface area contributed by atoms with Crippen molar-refractivity contribution in [3.05, 3.63) is 0 Å². The van der Waals surface area contributed by atoms with E-state index in [4.69, 9.17) is 4.74 Å². The second-order valence-electron chi connectivity index (χ2n) is 6.26. The van der Waals surface area contributed by atoms with Crippen LogP contribution in [0, 0.1) is 11.3 Å². The van der Waals surface area contributed by atoms with Crippen LogP contribution in [0.2, 0.25) is 0 Å². The third kappa shape index (κ3) is 1.79. The van der Waals surface area contributed by atoms with Gasteiger partial charge in [0, 0.05) is 18.5 Å². The quantitative estimate of drug-likeness (QED) is 0.684. The van der Waals surface area contributed by atoms with Crippen LogP contribution >= 0.6 is 0 Å². The fourth-order valence-electron chi connectivity index (χ4n) is 2.61. The average Bonchev–Trinajstić information content (AvgIpc) is 2.06. The maximum absolute atomic E-state index is 11.7. The number of nitrogens with zero attached hydrogens (tertiary/aromatic N) is 1. The number of ether oxygens (including phenoxy) is 1. The molecule has 1 aliphatic heterocycles. The second-order valence-corrected chi connectivity index (χ2v) is 6.26. The molecule has 0 unspecified atom stereocenters. The van der Waals surface area contributed by atoms with E-state index in [0.29, 0.717) is 5.92 Å². The third-order valence-electron chi connectivity index (χ3n) is 3.82. The van der Waals surface area contributed by atoms with E-state index in [-0.39, 0.29) is 17.6 Å². The van der Waals surface area contributed by atoms with Gasteiger partial charge in [0.1, 0.15) is 5.60 Å². The summed E-state index contributed by atoms with van der Waals surface area (Å²) in [7, 11) is 0. The van der Waals surface area contributed by atoms with Gasteiger partial charge in [-0.15, -0.1) is 0 Å². The molecule has 1 aliphatic carbocycles. The van der Waals surface area contributed by atoms with Crippen molar-refractivity contribution in [2.45, 2.75) is 45.8 Å². The lowest BCUT2D eigenvalue weighted by molar-refractivity contribution is -0.172. The summed E-state index contributed by atoms with van der Waals surface area (Å²) >= 11 is 0. The Hall–Kier alpha value is -0.770. The molecule has 4 nitrogen and oxygen atoms in total. The van der Waals surface area contributed by atoms with E-state index in [1.165, 1.54) is 0 Å². The maximum atomic E-state index is 11.7. The molecule has 0 aromatic heterocycles. The molecule has 1 saturated carbocycles. The van der Waals surface area contributed by atoms with Crippen molar-refractivity contribution in [2.24, 2.45) is 11.3 Å². The summed E-state index contributed by atoms with van der Waals surface area (Å²) in [5, 5.41) is 9.49. The smallest absolute Gasteiger partial charge is 0.410 e. The van der Waals surface area contributed by atoms with Crippen LogP contribution in [-0.2, 0) is 4.74 Å². The van der Waals surface area contributed by atoms with Crippen molar-refractivity contribution in [3.63, 3.8) is 0 Å². The zero-order valence-corrected chi connectivity index (χ0v) is 10.5. The van der Waals surface area contributed by atoms with Crippen molar-refractivity contribution >= 4 is 6.09 Å². The van der Waals surface area contributed by atoms with Crippen molar-refractivity contribution < 1.29 is 14.6 Å². The number of carbonyl (C=O) groups excluding carboxylic acids is 1. The Morgan fingerprint density at radius 2 is 2.00 bits per heavy atom. The van der Waals surface area contributed by atoms with Crippen molar-refractivity contribution in [2.75, 3.05) is 13.1 Å². The van der Waals surface area contributed by atoms with Crippen LogP contribution < -0.4 is 0 Å². The minimum Gasteiger partial charge on any atom is -0.444 e. The van der Waals surface area contributed by atoms with Gasteiger partial charge in [0.15, 0.2) is 0 Å². The van der Waals surface area contributed by atoms with Crippen LogP contribution in [0.4, 0.5) is 4.79 Å². The molecule has 1 saturated heterocycles. The van der Waals surface area contributed by atoms with Gasteiger partial charge in [0.25, 0.3) is 0 Å². The lowest BCUT2D eigenvalue weighted by atomic mass is 9.55. The molecule has 1 heterocycles. The first-order valence-electron chi connectivity index (χ1n) is 5.89. The molecule has 16 heavy (non-hydrogen) atoms. The van der Waals surface area contributed by atoms with Gasteiger partial charge < -0.3 is 14.7 Å². The number of likely N-dealkylation sites (tertiary alicyclic amines) is 1. The molecule has 4 heteroatoms. The highest BCUT2D eigenvalue weighted by Crippen LogP contribution is 2.52. The monoisotopic (exact) mass is 227 g/mol. The Bertz CT molecular complexity index is 302. The predicted octanol–water partition coefficient (Wildman–Crippen LogP) is 1.62. The average molecular weight is 227 g/mol. The summed E-state index contributed by atoms with van der Waals surface area (Å²) in [5.74, 6) is 0.311. The van der Waals surface area contributed by atoms with Gasteiger partial charge in [0.05, 0.1) is 6.10 Å². The van der Waals surface area contributed by atoms with Gasteiger partial charge >= 0.3 is 6.09 Å². The number of hydrogen-bond donors (Lipinski definition) is 1. The first-order chi connectivity index (χ1) is 7.23. The summed E-state index contributed by atoms with van der Waals surface area (Å²) in [5.41, 5.74) is -0.249. The van der Waals surface area contributed by atoms with E-state index in [9.17, 15) is 9.90 Å². The zero-order chi connectivity index (χ0) is 12.1. The Labute approximate surface area is 96.6 Å². The molecular formula is C12H21NO3. The highest BCUT2D eigenvalue weighted by molar-refractivity contribution is 5.69. The van der Waals surface area contributed by atoms with Crippen LogP contribution in [0.15, 0.2) is 0 Å². The van der Waals surface area contributed by atoms with Gasteiger partial charge in [-0.25, -0.2) is 4.79 Å². The summed E-state index contributed by atoms with van der Waals surface area (Å²) in [4.78, 5) is 13.4. The van der Waals surface area contributed by atoms with Gasteiger partial charge in [-0.1, -0.05) is 6.92 Å². The van der Waals surface area contributed by atoms with Crippen LogP contribution in [0.1, 0.15) is 34.1 Å². The van der Waals surface area contributed by atoms with E-state index in [0.717, 1.165) is 19.5 Å². The highest BCUT2D eigenvalue weighted by Gasteiger charge is 2.59. The number of aliphatic hydroxyl groups is 1. The summed E-state index contributed by atoms with van der Waals surface area (Å²) < 4.78 is 5.29. The maximum Gasteiger partial charge on any atom is 0.410 e. The molecule has 2 aliphatic rings. The van der Waals surface area contributed by atoms with Gasteiger partial charge in [-0.2, -0.15) is 0 Å². The normalized spacial score (nSPS) is 31.9. The molecule has 0 aromatic rings. The Morgan fingerprint density at radius 3 is 2.38 bits per heavy atom. The largest absolute Gasteiger partial charge is 0.444 e. The predicted molar refractivity (Wildman–Crippen MR) is 60.0 cm³/mol. The molecule has 2 rings (SSSR count). The first kappa shape index (κ1) is 11.7. The minimum atomic E-state index is -0.426. The summed E-state index contributed by atoms with van der Waals surface area (Å²) in [6.45, 7) is 9.14. The van der Waals surface area contributed by atoms with Crippen molar-refractivity contribution in [1.29, 1.82) is 0 Å². The molecule has 1 spiro atoms. The van der Waals surface area contributed by atoms with E-state index in [1.54, 1.807) is 4.90 Å². The highest BCUT2D eigenvalue weighted by atomic mass is 16.6. The van der Waals surface area contributed by atoms with Crippen molar-refractivity contribution in [1.82, 2.24) is 4.90 Å². The molecule has 1 amide bonds. The Balaban J connectivity index is 1.83. The van der Waals surface area contributed by atoms with Crippen molar-refractivity contribution in [3.8, 4) is 0 Å². The van der Waals surface area contributed by atoms with Gasteiger partial charge in [0.2, 0.25) is 0 Å². The number of hydrogen-bond acceptors (Lipinski definition) is 3. The SMILES string of the molecule is C[C@H]1[C@@H](O)CC12CN(C(=O)OC(C)(C)C)C2. The Morgan fingerprint density at radius 1 is 1.44 bits per heavy atom. The number of rotatable bonds is 0. The van der Waals surface area contributed by atoms with Crippen LogP contribution in [-0.4, -0.2) is 40.9 Å². The second kappa shape index (κ2) is 3.36. The summed E-state index contributed by atoms with van der Waals surface area (Å²) in [6.07, 6.45) is 0.417. The molecule has 0 aromatic carbocycles. The molecule has 2 fully saturated rings.